The third-order valence-corrected chi connectivity index (χ3v) is 4.40. The Morgan fingerprint density at radius 3 is 2.50 bits per heavy atom. The number of nitrogens with zero attached hydrogens (tertiary/aromatic N) is 2. The summed E-state index contributed by atoms with van der Waals surface area (Å²) in [6, 6.07) is 6.81. The van der Waals surface area contributed by atoms with Crippen molar-refractivity contribution in [2.45, 2.75) is 26.3 Å². The summed E-state index contributed by atoms with van der Waals surface area (Å²) >= 11 is 0. The fraction of sp³-hybridized carbons (Fsp3) is 0.500. The predicted octanol–water partition coefficient (Wildman–Crippen LogP) is 2.91. The summed E-state index contributed by atoms with van der Waals surface area (Å²) in [4.78, 5) is 30.8. The lowest BCUT2D eigenvalue weighted by atomic mass is 10.3. The van der Waals surface area contributed by atoms with Gasteiger partial charge >= 0.3 is 6.03 Å². The molecule has 1 aromatic heterocycles. The summed E-state index contributed by atoms with van der Waals surface area (Å²) < 4.78 is 20.9. The van der Waals surface area contributed by atoms with Crippen LogP contribution in [0.4, 0.5) is 10.5 Å². The molecule has 0 unspecified atom stereocenters. The lowest BCUT2D eigenvalue weighted by Gasteiger charge is -2.21. The molecule has 0 radical (unpaired) electrons. The van der Waals surface area contributed by atoms with Gasteiger partial charge in [-0.2, -0.15) is 0 Å². The normalized spacial score (nSPS) is 10.6. The van der Waals surface area contributed by atoms with Crippen LogP contribution >= 0.6 is 0 Å². The third-order valence-electron chi connectivity index (χ3n) is 4.40. The van der Waals surface area contributed by atoms with Gasteiger partial charge in [0, 0.05) is 46.2 Å². The van der Waals surface area contributed by atoms with Gasteiger partial charge < -0.3 is 34.2 Å². The van der Waals surface area contributed by atoms with Gasteiger partial charge in [-0.15, -0.1) is 0 Å². The van der Waals surface area contributed by atoms with E-state index >= 15 is 0 Å². The minimum Gasteiger partial charge on any atom is -0.494 e. The molecule has 10 heteroatoms. The lowest BCUT2D eigenvalue weighted by molar-refractivity contribution is 0.0943. The van der Waals surface area contributed by atoms with E-state index in [-0.39, 0.29) is 30.1 Å². The van der Waals surface area contributed by atoms with Gasteiger partial charge in [0.05, 0.1) is 13.2 Å². The van der Waals surface area contributed by atoms with Gasteiger partial charge in [0.2, 0.25) is 5.89 Å². The molecule has 2 N–H and O–H groups in total. The van der Waals surface area contributed by atoms with Crippen LogP contribution < -0.4 is 15.4 Å². The maximum absolute atomic E-state index is 12.8. The molecule has 2 rings (SSSR count). The third kappa shape index (κ3) is 8.56. The predicted molar refractivity (Wildman–Crippen MR) is 119 cm³/mol. The van der Waals surface area contributed by atoms with Crippen molar-refractivity contribution in [2.24, 2.45) is 0 Å². The Kier molecular flexibility index (Phi) is 11.0. The molecule has 0 aliphatic rings. The molecule has 10 nitrogen and oxygen atoms in total. The van der Waals surface area contributed by atoms with Gasteiger partial charge in [0.25, 0.3) is 5.91 Å². The fourth-order valence-corrected chi connectivity index (χ4v) is 2.82. The first kappa shape index (κ1) is 25.2. The molecule has 0 spiro atoms. The zero-order valence-electron chi connectivity index (χ0n) is 18.9. The van der Waals surface area contributed by atoms with E-state index in [2.05, 4.69) is 15.6 Å². The number of oxazole rings is 1. The van der Waals surface area contributed by atoms with E-state index in [1.54, 1.807) is 43.4 Å². The van der Waals surface area contributed by atoms with Crippen molar-refractivity contribution in [3.63, 3.8) is 0 Å². The molecule has 0 aliphatic heterocycles. The van der Waals surface area contributed by atoms with Crippen LogP contribution in [0.1, 0.15) is 36.1 Å². The Labute approximate surface area is 188 Å². The fourth-order valence-electron chi connectivity index (χ4n) is 2.82. The van der Waals surface area contributed by atoms with Crippen LogP contribution in [0.2, 0.25) is 0 Å². The largest absolute Gasteiger partial charge is 0.494 e. The van der Waals surface area contributed by atoms with Crippen LogP contribution in [0.5, 0.6) is 5.75 Å². The Morgan fingerprint density at radius 2 is 1.81 bits per heavy atom. The van der Waals surface area contributed by atoms with Gasteiger partial charge in [-0.3, -0.25) is 4.79 Å². The number of anilines is 1. The number of hydrogen-bond donors (Lipinski definition) is 2. The SMILES string of the molecule is CCOc1ccc(NC(=O)N(CCCOC)Cc2nc(C(=O)NCCCOC)co2)cc1. The second kappa shape index (κ2) is 14.0. The molecule has 0 saturated heterocycles. The van der Waals surface area contributed by atoms with Crippen LogP contribution in [-0.4, -0.2) is 69.0 Å². The number of rotatable bonds is 14. The van der Waals surface area contributed by atoms with Crippen LogP contribution in [0.15, 0.2) is 34.9 Å². The number of carbonyl (C=O) groups is 2. The van der Waals surface area contributed by atoms with E-state index in [1.807, 2.05) is 6.92 Å². The van der Waals surface area contributed by atoms with Crippen LogP contribution in [0, 0.1) is 0 Å². The average Bonchev–Trinajstić information content (AvgIpc) is 3.26. The number of ether oxygens (including phenoxy) is 3. The zero-order chi connectivity index (χ0) is 23.2. The van der Waals surface area contributed by atoms with Gasteiger partial charge in [-0.25, -0.2) is 9.78 Å². The highest BCUT2D eigenvalue weighted by Crippen LogP contribution is 2.17. The molecular formula is C22H32N4O6. The average molecular weight is 449 g/mol. The first-order valence-corrected chi connectivity index (χ1v) is 10.6. The topological polar surface area (TPSA) is 115 Å². The molecule has 3 amide bonds. The van der Waals surface area contributed by atoms with Crippen LogP contribution in [-0.2, 0) is 16.0 Å². The quantitative estimate of drug-likeness (QED) is 0.427. The first-order chi connectivity index (χ1) is 15.6. The minimum absolute atomic E-state index is 0.115. The van der Waals surface area contributed by atoms with Gasteiger partial charge in [0.1, 0.15) is 12.0 Å². The molecule has 0 fully saturated rings. The Hall–Kier alpha value is -3.11. The molecule has 176 valence electrons. The second-order valence-corrected chi connectivity index (χ2v) is 6.88. The van der Waals surface area contributed by atoms with E-state index in [0.29, 0.717) is 51.4 Å². The first-order valence-electron chi connectivity index (χ1n) is 10.6. The highest BCUT2D eigenvalue weighted by atomic mass is 16.5. The minimum atomic E-state index is -0.333. The lowest BCUT2D eigenvalue weighted by Crippen LogP contribution is -2.36. The molecule has 1 heterocycles. The number of benzene rings is 1. The summed E-state index contributed by atoms with van der Waals surface area (Å²) in [6.45, 7) is 4.57. The van der Waals surface area contributed by atoms with Crippen LogP contribution in [0.25, 0.3) is 0 Å². The second-order valence-electron chi connectivity index (χ2n) is 6.88. The van der Waals surface area contributed by atoms with E-state index < -0.39 is 0 Å². The maximum atomic E-state index is 12.8. The van der Waals surface area contributed by atoms with Crippen molar-refractivity contribution < 1.29 is 28.2 Å². The summed E-state index contributed by atoms with van der Waals surface area (Å²) in [5.41, 5.74) is 0.805. The summed E-state index contributed by atoms with van der Waals surface area (Å²) in [7, 11) is 3.21. The van der Waals surface area contributed by atoms with E-state index in [4.69, 9.17) is 18.6 Å². The highest BCUT2D eigenvalue weighted by molar-refractivity contribution is 5.92. The number of aromatic nitrogens is 1. The van der Waals surface area contributed by atoms with Gasteiger partial charge in [-0.1, -0.05) is 0 Å². The Bertz CT molecular complexity index is 824. The van der Waals surface area contributed by atoms with Gasteiger partial charge in [-0.05, 0) is 44.0 Å². The summed E-state index contributed by atoms with van der Waals surface area (Å²) in [5.74, 6) is 0.669. The van der Waals surface area contributed by atoms with Crippen molar-refractivity contribution in [3.8, 4) is 5.75 Å². The van der Waals surface area contributed by atoms with Gasteiger partial charge in [0.15, 0.2) is 5.69 Å². The van der Waals surface area contributed by atoms with E-state index in [1.165, 1.54) is 6.26 Å². The van der Waals surface area contributed by atoms with E-state index in [0.717, 1.165) is 5.75 Å². The molecule has 0 aliphatic carbocycles. The number of amides is 3. The molecule has 0 atom stereocenters. The van der Waals surface area contributed by atoms with E-state index in [9.17, 15) is 9.59 Å². The molecule has 1 aromatic carbocycles. The van der Waals surface area contributed by atoms with Crippen molar-refractivity contribution in [3.05, 3.63) is 42.1 Å². The Morgan fingerprint density at radius 1 is 1.09 bits per heavy atom. The number of methoxy groups -OCH3 is 2. The standard InChI is InChI=1S/C22H32N4O6/c1-4-31-18-9-7-17(8-10-18)24-22(28)26(12-6-14-30-3)15-20-25-19(16-32-20)21(27)23-11-5-13-29-2/h7-10,16H,4-6,11-15H2,1-3H3,(H,23,27)(H,24,28). The number of urea groups is 1. The zero-order valence-corrected chi connectivity index (χ0v) is 18.9. The van der Waals surface area contributed by atoms with Crippen molar-refractivity contribution in [1.82, 2.24) is 15.2 Å². The summed E-state index contributed by atoms with van der Waals surface area (Å²) in [5, 5.41) is 5.61. The summed E-state index contributed by atoms with van der Waals surface area (Å²) in [6.07, 6.45) is 2.63. The number of nitrogens with one attached hydrogen (secondary N) is 2. The smallest absolute Gasteiger partial charge is 0.322 e. The molecule has 0 bridgehead atoms. The molecular weight excluding hydrogens is 416 g/mol. The Balaban J connectivity index is 1.98. The highest BCUT2D eigenvalue weighted by Gasteiger charge is 2.19. The molecule has 2 aromatic rings. The number of carbonyl (C=O) groups excluding carboxylic acids is 2. The molecule has 0 saturated carbocycles. The monoisotopic (exact) mass is 448 g/mol. The van der Waals surface area contributed by atoms with Crippen LogP contribution in [0.3, 0.4) is 0 Å². The number of hydrogen-bond acceptors (Lipinski definition) is 7. The van der Waals surface area contributed by atoms with Crippen molar-refractivity contribution in [1.29, 1.82) is 0 Å². The molecule has 32 heavy (non-hydrogen) atoms. The maximum Gasteiger partial charge on any atom is 0.322 e. The van der Waals surface area contributed by atoms with Crippen molar-refractivity contribution >= 4 is 17.6 Å². The van der Waals surface area contributed by atoms with Crippen molar-refractivity contribution in [2.75, 3.05) is 52.4 Å².